The summed E-state index contributed by atoms with van der Waals surface area (Å²) in [6.45, 7) is 14.0. The van der Waals surface area contributed by atoms with E-state index < -0.39 is 0 Å². The topological polar surface area (TPSA) is 39.7 Å². The van der Waals surface area contributed by atoms with E-state index in [0.717, 1.165) is 69.3 Å². The van der Waals surface area contributed by atoms with Crippen LogP contribution in [0.1, 0.15) is 30.4 Å². The molecule has 5 heteroatoms. The van der Waals surface area contributed by atoms with Crippen molar-refractivity contribution in [3.05, 3.63) is 54.2 Å². The summed E-state index contributed by atoms with van der Waals surface area (Å²) in [4.78, 5) is 6.87. The van der Waals surface area contributed by atoms with E-state index in [1.807, 2.05) is 7.05 Å². The summed E-state index contributed by atoms with van der Waals surface area (Å²) >= 11 is 0. The Bertz CT molecular complexity index is 662. The number of rotatable bonds is 11. The summed E-state index contributed by atoms with van der Waals surface area (Å²) in [7, 11) is 5.02. The summed E-state index contributed by atoms with van der Waals surface area (Å²) in [5.41, 5.74) is 5.43. The Morgan fingerprint density at radius 1 is 1.33 bits per heavy atom. The molecule has 148 valence electrons. The highest BCUT2D eigenvalue weighted by Gasteiger charge is 2.18. The molecular weight excluding hydrogens is 351 g/mol. The van der Waals surface area contributed by atoms with Crippen LogP contribution in [0.2, 0.25) is 0 Å². The second kappa shape index (κ2) is 11.3. The lowest BCUT2D eigenvalue weighted by molar-refractivity contribution is 0.415. The van der Waals surface area contributed by atoms with Gasteiger partial charge in [-0.1, -0.05) is 37.4 Å². The van der Waals surface area contributed by atoms with Gasteiger partial charge in [0.2, 0.25) is 0 Å². The molecule has 27 heavy (non-hydrogen) atoms. The normalized spacial score (nSPS) is 17.4. The molecule has 2 atom stereocenters. The van der Waals surface area contributed by atoms with Crippen molar-refractivity contribution < 1.29 is 0 Å². The van der Waals surface area contributed by atoms with E-state index in [1.165, 1.54) is 12.6 Å². The van der Waals surface area contributed by atoms with E-state index in [1.54, 1.807) is 0 Å². The Kier molecular flexibility index (Phi) is 9.03. The second-order valence-electron chi connectivity index (χ2n) is 7.15. The van der Waals surface area contributed by atoms with E-state index in [0.29, 0.717) is 6.04 Å². The fourth-order valence-corrected chi connectivity index (χ4v) is 3.89. The van der Waals surface area contributed by atoms with Crippen LogP contribution in [0, 0.1) is 0 Å². The fraction of sp³-hybridized carbons (Fsp3) is 0.500. The molecule has 1 saturated heterocycles. The van der Waals surface area contributed by atoms with Gasteiger partial charge in [-0.25, -0.2) is 0 Å². The van der Waals surface area contributed by atoms with Crippen LogP contribution in [-0.2, 0) is 0 Å². The first-order chi connectivity index (χ1) is 13.1. The molecule has 1 aromatic rings. The molecule has 0 aliphatic carbocycles. The Hall–Kier alpha value is -1.64. The lowest BCUT2D eigenvalue weighted by atomic mass is 9.97. The van der Waals surface area contributed by atoms with Crippen LogP contribution in [0.3, 0.4) is 0 Å². The Balaban J connectivity index is 2.08. The third-order valence-electron chi connectivity index (χ3n) is 5.10. The van der Waals surface area contributed by atoms with Gasteiger partial charge in [-0.05, 0) is 32.2 Å². The molecule has 1 fully saturated rings. The summed E-state index contributed by atoms with van der Waals surface area (Å²) < 4.78 is 0. The summed E-state index contributed by atoms with van der Waals surface area (Å²) in [6.07, 6.45) is 4.40. The largest absolute Gasteiger partial charge is 0.381 e. The molecule has 0 radical (unpaired) electrons. The quantitative estimate of drug-likeness (QED) is 0.347. The van der Waals surface area contributed by atoms with Crippen LogP contribution in [0.5, 0.6) is 0 Å². The molecule has 2 rings (SSSR count). The predicted molar refractivity (Wildman–Crippen MR) is 122 cm³/mol. The van der Waals surface area contributed by atoms with Crippen molar-refractivity contribution in [1.82, 2.24) is 15.5 Å². The van der Waals surface area contributed by atoms with Gasteiger partial charge >= 0.3 is 0 Å². The zero-order valence-corrected chi connectivity index (χ0v) is 18.1. The first-order valence-corrected chi connectivity index (χ1v) is 11.5. The Labute approximate surface area is 167 Å². The zero-order chi connectivity index (χ0) is 19.6. The molecular formula is C22H35N4P. The maximum absolute atomic E-state index is 4.60. The van der Waals surface area contributed by atoms with Gasteiger partial charge in [0.05, 0.1) is 0 Å². The van der Waals surface area contributed by atoms with Crippen molar-refractivity contribution in [3.8, 4) is 0 Å². The van der Waals surface area contributed by atoms with E-state index in [4.69, 9.17) is 0 Å². The fourth-order valence-electron chi connectivity index (χ4n) is 3.37. The first kappa shape index (κ1) is 21.7. The summed E-state index contributed by atoms with van der Waals surface area (Å²) in [5.74, 6) is 0. The molecule has 1 aromatic carbocycles. The van der Waals surface area contributed by atoms with E-state index in [-0.39, 0.29) is 0 Å². The van der Waals surface area contributed by atoms with Crippen LogP contribution in [0.15, 0.2) is 48.1 Å². The monoisotopic (exact) mass is 386 g/mol. The van der Waals surface area contributed by atoms with Gasteiger partial charge < -0.3 is 15.5 Å². The molecule has 1 aliphatic rings. The SMILES string of the molecule is C=C(NC1CCNC1)c1ccccc1/C(CC(=C)N(C)CCCPC)=N\C. The number of nitrogens with zero attached hydrogens (tertiary/aromatic N) is 2. The highest BCUT2D eigenvalue weighted by molar-refractivity contribution is 7.36. The Morgan fingerprint density at radius 3 is 2.70 bits per heavy atom. The number of hydrogen-bond acceptors (Lipinski definition) is 4. The van der Waals surface area contributed by atoms with Crippen LogP contribution in [0.25, 0.3) is 5.70 Å². The van der Waals surface area contributed by atoms with Gasteiger partial charge in [-0.2, -0.15) is 0 Å². The van der Waals surface area contributed by atoms with Crippen LogP contribution >= 0.6 is 8.58 Å². The number of aliphatic imine (C=N–C) groups is 1. The minimum atomic E-state index is 0.452. The lowest BCUT2D eigenvalue weighted by Gasteiger charge is -2.23. The van der Waals surface area contributed by atoms with Gasteiger partial charge in [-0.15, -0.1) is 8.58 Å². The molecule has 1 aliphatic heterocycles. The standard InChI is InChI=1S/C22H35N4P/c1-17(26(4)13-8-14-27-5)15-22(23-3)21-10-7-6-9-20(21)18(2)25-19-11-12-24-16-19/h6-7,9-10,19,24-25,27H,1-2,8,11-16H2,3-5H3/b23-22-. The van der Waals surface area contributed by atoms with Gasteiger partial charge in [0.25, 0.3) is 0 Å². The number of benzene rings is 1. The number of nitrogens with one attached hydrogen (secondary N) is 2. The molecule has 0 amide bonds. The van der Waals surface area contributed by atoms with Crippen molar-refractivity contribution in [2.45, 2.75) is 25.3 Å². The maximum Gasteiger partial charge on any atom is 0.0482 e. The molecule has 0 bridgehead atoms. The van der Waals surface area contributed by atoms with Crippen molar-refractivity contribution in [2.75, 3.05) is 46.6 Å². The molecule has 0 saturated carbocycles. The van der Waals surface area contributed by atoms with Crippen LogP contribution in [-0.4, -0.2) is 63.2 Å². The molecule has 0 spiro atoms. The minimum Gasteiger partial charge on any atom is -0.381 e. The van der Waals surface area contributed by atoms with E-state index >= 15 is 0 Å². The summed E-state index contributed by atoms with van der Waals surface area (Å²) in [5, 5.41) is 6.97. The van der Waals surface area contributed by atoms with Gasteiger partial charge in [0.15, 0.2) is 0 Å². The highest BCUT2D eigenvalue weighted by Crippen LogP contribution is 2.21. The minimum absolute atomic E-state index is 0.452. The molecule has 0 aromatic heterocycles. The van der Waals surface area contributed by atoms with E-state index in [9.17, 15) is 0 Å². The Morgan fingerprint density at radius 2 is 2.07 bits per heavy atom. The summed E-state index contributed by atoms with van der Waals surface area (Å²) in [6, 6.07) is 8.87. The van der Waals surface area contributed by atoms with Gasteiger partial charge in [0, 0.05) is 67.9 Å². The van der Waals surface area contributed by atoms with Crippen LogP contribution in [0.4, 0.5) is 0 Å². The van der Waals surface area contributed by atoms with Gasteiger partial charge in [0.1, 0.15) is 0 Å². The zero-order valence-electron chi connectivity index (χ0n) is 17.1. The van der Waals surface area contributed by atoms with Crippen molar-refractivity contribution in [2.24, 2.45) is 4.99 Å². The molecule has 2 unspecified atom stereocenters. The average Bonchev–Trinajstić information content (AvgIpc) is 3.19. The lowest BCUT2D eigenvalue weighted by Crippen LogP contribution is -2.30. The van der Waals surface area contributed by atoms with Crippen molar-refractivity contribution in [3.63, 3.8) is 0 Å². The third-order valence-corrected chi connectivity index (χ3v) is 5.96. The van der Waals surface area contributed by atoms with Crippen molar-refractivity contribution in [1.29, 1.82) is 0 Å². The number of hydrogen-bond donors (Lipinski definition) is 2. The predicted octanol–water partition coefficient (Wildman–Crippen LogP) is 3.56. The average molecular weight is 387 g/mol. The smallest absolute Gasteiger partial charge is 0.0482 e. The number of allylic oxidation sites excluding steroid dienone is 1. The van der Waals surface area contributed by atoms with Crippen LogP contribution < -0.4 is 10.6 Å². The highest BCUT2D eigenvalue weighted by atomic mass is 31.1. The van der Waals surface area contributed by atoms with Crippen molar-refractivity contribution >= 4 is 20.0 Å². The maximum atomic E-state index is 4.60. The second-order valence-corrected chi connectivity index (χ2v) is 8.36. The first-order valence-electron chi connectivity index (χ1n) is 9.82. The molecule has 1 heterocycles. The molecule has 2 N–H and O–H groups in total. The van der Waals surface area contributed by atoms with E-state index in [2.05, 4.69) is 71.7 Å². The molecule has 4 nitrogen and oxygen atoms in total. The van der Waals surface area contributed by atoms with Gasteiger partial charge in [-0.3, -0.25) is 4.99 Å². The third kappa shape index (κ3) is 6.48.